The second-order valence-corrected chi connectivity index (χ2v) is 2.81. The molecule has 0 saturated heterocycles. The Balaban J connectivity index is 3.28. The molecule has 3 nitrogen and oxygen atoms in total. The van der Waals surface area contributed by atoms with Crippen LogP contribution in [0.15, 0.2) is 0 Å². The summed E-state index contributed by atoms with van der Waals surface area (Å²) < 4.78 is 0. The first-order valence-electron chi connectivity index (χ1n) is 4.30. The summed E-state index contributed by atoms with van der Waals surface area (Å²) in [7, 11) is 4.09. The maximum absolute atomic E-state index is 3.40. The van der Waals surface area contributed by atoms with Crippen LogP contribution >= 0.6 is 0 Å². The summed E-state index contributed by atoms with van der Waals surface area (Å²) in [6, 6.07) is 0. The Kier molecular flexibility index (Phi) is 6.51. The van der Waals surface area contributed by atoms with Gasteiger partial charge in [-0.25, -0.2) is 0 Å². The van der Waals surface area contributed by atoms with Gasteiger partial charge in [0.2, 0.25) is 0 Å². The van der Waals surface area contributed by atoms with Crippen LogP contribution in [0.5, 0.6) is 0 Å². The van der Waals surface area contributed by atoms with E-state index in [1.165, 1.54) is 0 Å². The van der Waals surface area contributed by atoms with E-state index < -0.39 is 0 Å². The van der Waals surface area contributed by atoms with Gasteiger partial charge in [0.1, 0.15) is 0 Å². The molecule has 1 atom stereocenters. The highest BCUT2D eigenvalue weighted by molar-refractivity contribution is 4.59. The molecule has 0 aliphatic rings. The quantitative estimate of drug-likeness (QED) is 0.425. The minimum absolute atomic E-state index is 0.480. The van der Waals surface area contributed by atoms with Gasteiger partial charge in [0.05, 0.1) is 6.17 Å². The molecule has 0 spiro atoms. The molecule has 2 N–H and O–H groups in total. The molecule has 11 heavy (non-hydrogen) atoms. The molecule has 1 unspecified atom stereocenters. The summed E-state index contributed by atoms with van der Waals surface area (Å²) >= 11 is 0. The average Bonchev–Trinajstić information content (AvgIpc) is 2.03. The van der Waals surface area contributed by atoms with E-state index in [9.17, 15) is 0 Å². The molecular weight excluding hydrogens is 138 g/mol. The molecule has 0 rings (SSSR count). The lowest BCUT2D eigenvalue weighted by molar-refractivity contribution is 0.231. The van der Waals surface area contributed by atoms with Crippen LogP contribution in [0.4, 0.5) is 0 Å². The van der Waals surface area contributed by atoms with Gasteiger partial charge in [-0.15, -0.1) is 0 Å². The fraction of sp³-hybridized carbons (Fsp3) is 1.00. The first-order chi connectivity index (χ1) is 5.22. The number of hydrogen-bond acceptors (Lipinski definition) is 3. The standard InChI is InChI=1S/C8H21N3/c1-5-11(4)8(2)10-7-6-9-3/h8-10H,5-7H2,1-4H3. The molecule has 0 heterocycles. The highest BCUT2D eigenvalue weighted by Gasteiger charge is 2.03. The Morgan fingerprint density at radius 1 is 1.36 bits per heavy atom. The van der Waals surface area contributed by atoms with Gasteiger partial charge in [0.25, 0.3) is 0 Å². The molecule has 3 heteroatoms. The van der Waals surface area contributed by atoms with Crippen LogP contribution in [0.2, 0.25) is 0 Å². The largest absolute Gasteiger partial charge is 0.318 e. The minimum atomic E-state index is 0.480. The molecule has 0 fully saturated rings. The third-order valence-electron chi connectivity index (χ3n) is 1.97. The van der Waals surface area contributed by atoms with Crippen molar-refractivity contribution in [2.75, 3.05) is 33.7 Å². The molecule has 0 bridgehead atoms. The van der Waals surface area contributed by atoms with Crippen molar-refractivity contribution in [2.45, 2.75) is 20.0 Å². The van der Waals surface area contributed by atoms with Crippen LogP contribution in [0, 0.1) is 0 Å². The Labute approximate surface area is 70.2 Å². The molecule has 0 aromatic carbocycles. The van der Waals surface area contributed by atoms with Crippen LogP contribution in [0.1, 0.15) is 13.8 Å². The van der Waals surface area contributed by atoms with Crippen molar-refractivity contribution in [2.24, 2.45) is 0 Å². The van der Waals surface area contributed by atoms with Gasteiger partial charge < -0.3 is 10.6 Å². The molecule has 0 saturated carbocycles. The molecule has 0 aliphatic carbocycles. The van der Waals surface area contributed by atoms with Gasteiger partial charge in [-0.3, -0.25) is 4.90 Å². The summed E-state index contributed by atoms with van der Waals surface area (Å²) in [6.45, 7) is 7.49. The predicted molar refractivity (Wildman–Crippen MR) is 49.7 cm³/mol. The lowest BCUT2D eigenvalue weighted by atomic mass is 10.4. The number of nitrogens with zero attached hydrogens (tertiary/aromatic N) is 1. The van der Waals surface area contributed by atoms with Crippen LogP contribution in [-0.2, 0) is 0 Å². The summed E-state index contributed by atoms with van der Waals surface area (Å²) in [5, 5.41) is 6.50. The summed E-state index contributed by atoms with van der Waals surface area (Å²) in [4.78, 5) is 2.27. The van der Waals surface area contributed by atoms with Gasteiger partial charge in [0, 0.05) is 13.1 Å². The lowest BCUT2D eigenvalue weighted by Crippen LogP contribution is -2.43. The topological polar surface area (TPSA) is 27.3 Å². The molecular formula is C8H21N3. The molecule has 68 valence electrons. The van der Waals surface area contributed by atoms with E-state index in [4.69, 9.17) is 0 Å². The zero-order valence-electron chi connectivity index (χ0n) is 8.15. The summed E-state index contributed by atoms with van der Waals surface area (Å²) in [6.07, 6.45) is 0.480. The van der Waals surface area contributed by atoms with Gasteiger partial charge in [-0.2, -0.15) is 0 Å². The van der Waals surface area contributed by atoms with Crippen molar-refractivity contribution in [1.82, 2.24) is 15.5 Å². The van der Waals surface area contributed by atoms with Crippen molar-refractivity contribution in [1.29, 1.82) is 0 Å². The molecule has 0 amide bonds. The zero-order valence-corrected chi connectivity index (χ0v) is 8.15. The maximum atomic E-state index is 3.40. The van der Waals surface area contributed by atoms with Crippen molar-refractivity contribution in [3.63, 3.8) is 0 Å². The van der Waals surface area contributed by atoms with E-state index in [2.05, 4.69) is 36.4 Å². The highest BCUT2D eigenvalue weighted by atomic mass is 15.2. The fourth-order valence-electron chi connectivity index (χ4n) is 0.836. The Hall–Kier alpha value is -0.120. The second kappa shape index (κ2) is 6.58. The SMILES string of the molecule is CCN(C)C(C)NCCNC. The molecule has 0 radical (unpaired) electrons. The van der Waals surface area contributed by atoms with E-state index in [0.29, 0.717) is 6.17 Å². The van der Waals surface area contributed by atoms with Crippen molar-refractivity contribution in [3.05, 3.63) is 0 Å². The Bertz CT molecular complexity index is 85.4. The van der Waals surface area contributed by atoms with Gasteiger partial charge >= 0.3 is 0 Å². The number of hydrogen-bond donors (Lipinski definition) is 2. The van der Waals surface area contributed by atoms with Gasteiger partial charge in [0.15, 0.2) is 0 Å². The normalized spacial score (nSPS) is 13.9. The van der Waals surface area contributed by atoms with Crippen molar-refractivity contribution >= 4 is 0 Å². The molecule has 0 aliphatic heterocycles. The first-order valence-corrected chi connectivity index (χ1v) is 4.30. The number of likely N-dealkylation sites (N-methyl/N-ethyl adjacent to an activating group) is 1. The molecule has 0 aromatic rings. The van der Waals surface area contributed by atoms with E-state index in [0.717, 1.165) is 19.6 Å². The minimum Gasteiger partial charge on any atom is -0.318 e. The fourth-order valence-corrected chi connectivity index (χ4v) is 0.836. The summed E-state index contributed by atoms with van der Waals surface area (Å²) in [5.41, 5.74) is 0. The smallest absolute Gasteiger partial charge is 0.0565 e. The lowest BCUT2D eigenvalue weighted by Gasteiger charge is -2.23. The van der Waals surface area contributed by atoms with Crippen LogP contribution in [0.3, 0.4) is 0 Å². The maximum Gasteiger partial charge on any atom is 0.0565 e. The van der Waals surface area contributed by atoms with Crippen molar-refractivity contribution < 1.29 is 0 Å². The van der Waals surface area contributed by atoms with E-state index in [-0.39, 0.29) is 0 Å². The van der Waals surface area contributed by atoms with Crippen molar-refractivity contribution in [3.8, 4) is 0 Å². The number of rotatable bonds is 6. The monoisotopic (exact) mass is 159 g/mol. The van der Waals surface area contributed by atoms with Gasteiger partial charge in [-0.05, 0) is 27.6 Å². The zero-order chi connectivity index (χ0) is 8.69. The van der Waals surface area contributed by atoms with Crippen LogP contribution in [-0.4, -0.2) is 44.8 Å². The average molecular weight is 159 g/mol. The highest BCUT2D eigenvalue weighted by Crippen LogP contribution is 1.87. The summed E-state index contributed by atoms with van der Waals surface area (Å²) in [5.74, 6) is 0. The predicted octanol–water partition coefficient (Wildman–Crippen LogP) is 0.0931. The Morgan fingerprint density at radius 3 is 2.45 bits per heavy atom. The Morgan fingerprint density at radius 2 is 2.00 bits per heavy atom. The van der Waals surface area contributed by atoms with E-state index in [1.54, 1.807) is 0 Å². The second-order valence-electron chi connectivity index (χ2n) is 2.81. The number of nitrogens with one attached hydrogen (secondary N) is 2. The van der Waals surface area contributed by atoms with E-state index >= 15 is 0 Å². The van der Waals surface area contributed by atoms with E-state index in [1.807, 2.05) is 7.05 Å². The first kappa shape index (κ1) is 10.9. The van der Waals surface area contributed by atoms with Crippen LogP contribution < -0.4 is 10.6 Å². The molecule has 0 aromatic heterocycles. The van der Waals surface area contributed by atoms with Crippen LogP contribution in [0.25, 0.3) is 0 Å². The van der Waals surface area contributed by atoms with Gasteiger partial charge in [-0.1, -0.05) is 6.92 Å². The third-order valence-corrected chi connectivity index (χ3v) is 1.97. The third kappa shape index (κ3) is 5.18.